The molecule has 28 heavy (non-hydrogen) atoms. The van der Waals surface area contributed by atoms with Crippen LogP contribution in [0.1, 0.15) is 35.8 Å². The number of benzene rings is 2. The molecule has 1 heterocycles. The average Bonchev–Trinajstić information content (AvgIpc) is 2.71. The number of nitrogens with one attached hydrogen (secondary N) is 1. The van der Waals surface area contributed by atoms with Gasteiger partial charge in [0, 0.05) is 18.3 Å². The van der Waals surface area contributed by atoms with E-state index in [4.69, 9.17) is 23.2 Å². The lowest BCUT2D eigenvalue weighted by Gasteiger charge is -2.21. The minimum absolute atomic E-state index is 0.0253. The van der Waals surface area contributed by atoms with E-state index in [-0.39, 0.29) is 11.9 Å². The predicted octanol–water partition coefficient (Wildman–Crippen LogP) is 5.62. The van der Waals surface area contributed by atoms with Crippen LogP contribution < -0.4 is 10.2 Å². The first kappa shape index (κ1) is 20.1. The highest BCUT2D eigenvalue weighted by atomic mass is 35.5. The van der Waals surface area contributed by atoms with E-state index in [0.717, 1.165) is 5.56 Å². The van der Waals surface area contributed by atoms with E-state index in [1.165, 1.54) is 0 Å². The van der Waals surface area contributed by atoms with Crippen molar-refractivity contribution in [3.63, 3.8) is 0 Å². The fourth-order valence-corrected chi connectivity index (χ4v) is 3.08. The Balaban J connectivity index is 1.82. The molecule has 0 aliphatic heterocycles. The maximum Gasteiger partial charge on any atom is 0.259 e. The summed E-state index contributed by atoms with van der Waals surface area (Å²) in [5.74, 6) is 0.757. The Morgan fingerprint density at radius 2 is 1.86 bits per heavy atom. The Morgan fingerprint density at radius 3 is 2.54 bits per heavy atom. The molecule has 0 saturated heterocycles. The Kier molecular flexibility index (Phi) is 6.49. The highest BCUT2D eigenvalue weighted by Crippen LogP contribution is 2.25. The highest BCUT2D eigenvalue weighted by Gasteiger charge is 2.19. The number of nitrogens with zero attached hydrogens (tertiary/aromatic N) is 3. The Bertz CT molecular complexity index is 966. The molecule has 1 aromatic heterocycles. The summed E-state index contributed by atoms with van der Waals surface area (Å²) in [6.07, 6.45) is 1.63. The van der Waals surface area contributed by atoms with E-state index in [1.807, 2.05) is 44.2 Å². The fraction of sp³-hybridized carbons (Fsp3) is 0.190. The summed E-state index contributed by atoms with van der Waals surface area (Å²) >= 11 is 12.0. The van der Waals surface area contributed by atoms with Gasteiger partial charge < -0.3 is 5.32 Å². The van der Waals surface area contributed by atoms with Crippen molar-refractivity contribution in [1.29, 1.82) is 0 Å². The predicted molar refractivity (Wildman–Crippen MR) is 114 cm³/mol. The molecule has 2 aromatic carbocycles. The van der Waals surface area contributed by atoms with Gasteiger partial charge in [-0.3, -0.25) is 9.69 Å². The van der Waals surface area contributed by atoms with Crippen LogP contribution in [-0.4, -0.2) is 22.4 Å². The van der Waals surface area contributed by atoms with Crippen molar-refractivity contribution in [3.05, 3.63) is 82.0 Å². The van der Waals surface area contributed by atoms with Gasteiger partial charge in [0.2, 0.25) is 5.95 Å². The standard InChI is InChI=1S/C21H20Cl2N4O/c1-3-27(20(28)16-9-10-17(22)18(23)13-16)19-11-12-24-21(26-19)25-14(2)15-7-5-4-6-8-15/h4-14H,3H2,1-2H3,(H,24,25,26)/t14-/m0/s1. The third kappa shape index (κ3) is 4.61. The molecule has 5 nitrogen and oxygen atoms in total. The first-order valence-corrected chi connectivity index (χ1v) is 9.66. The summed E-state index contributed by atoms with van der Waals surface area (Å²) in [5, 5.41) is 4.02. The number of rotatable bonds is 6. The molecular formula is C21H20Cl2N4O. The number of aromatic nitrogens is 2. The molecule has 0 bridgehead atoms. The van der Waals surface area contributed by atoms with E-state index < -0.39 is 0 Å². The summed E-state index contributed by atoms with van der Waals surface area (Å²) in [7, 11) is 0. The molecule has 0 saturated carbocycles. The molecular weight excluding hydrogens is 395 g/mol. The number of hydrogen-bond donors (Lipinski definition) is 1. The molecule has 144 valence electrons. The molecule has 0 unspecified atom stereocenters. The molecule has 0 spiro atoms. The van der Waals surface area contributed by atoms with E-state index in [2.05, 4.69) is 15.3 Å². The molecule has 0 radical (unpaired) electrons. The third-order valence-corrected chi connectivity index (χ3v) is 5.03. The van der Waals surface area contributed by atoms with Crippen LogP contribution in [-0.2, 0) is 0 Å². The molecule has 1 amide bonds. The summed E-state index contributed by atoms with van der Waals surface area (Å²) < 4.78 is 0. The molecule has 3 aromatic rings. The monoisotopic (exact) mass is 414 g/mol. The molecule has 0 fully saturated rings. The molecule has 1 N–H and O–H groups in total. The van der Waals surface area contributed by atoms with Crippen LogP contribution in [0.2, 0.25) is 10.0 Å². The maximum atomic E-state index is 12.9. The SMILES string of the molecule is CCN(C(=O)c1ccc(Cl)c(Cl)c1)c1ccnc(N[C@@H](C)c2ccccc2)n1. The van der Waals surface area contributed by atoms with Crippen molar-refractivity contribution in [1.82, 2.24) is 9.97 Å². The Labute approximate surface area is 174 Å². The second-order valence-electron chi connectivity index (χ2n) is 6.19. The van der Waals surface area contributed by atoms with Crippen LogP contribution in [0.3, 0.4) is 0 Å². The van der Waals surface area contributed by atoms with Crippen molar-refractivity contribution in [2.75, 3.05) is 16.8 Å². The van der Waals surface area contributed by atoms with Gasteiger partial charge in [0.1, 0.15) is 5.82 Å². The number of carbonyl (C=O) groups is 1. The zero-order valence-electron chi connectivity index (χ0n) is 15.6. The molecule has 7 heteroatoms. The van der Waals surface area contributed by atoms with Gasteiger partial charge in [0.25, 0.3) is 5.91 Å². The Morgan fingerprint density at radius 1 is 1.11 bits per heavy atom. The first-order chi connectivity index (χ1) is 13.5. The quantitative estimate of drug-likeness (QED) is 0.568. The number of halogens is 2. The van der Waals surface area contributed by atoms with Gasteiger partial charge in [0.15, 0.2) is 0 Å². The van der Waals surface area contributed by atoms with Gasteiger partial charge in [-0.15, -0.1) is 0 Å². The number of anilines is 2. The highest BCUT2D eigenvalue weighted by molar-refractivity contribution is 6.42. The van der Waals surface area contributed by atoms with Gasteiger partial charge in [0.05, 0.1) is 16.1 Å². The van der Waals surface area contributed by atoms with Gasteiger partial charge in [-0.25, -0.2) is 4.98 Å². The lowest BCUT2D eigenvalue weighted by Crippen LogP contribution is -2.31. The summed E-state index contributed by atoms with van der Waals surface area (Å²) in [5.41, 5.74) is 1.57. The molecule has 0 aliphatic rings. The zero-order valence-corrected chi connectivity index (χ0v) is 17.1. The minimum atomic E-state index is -0.207. The van der Waals surface area contributed by atoms with E-state index in [0.29, 0.717) is 33.9 Å². The topological polar surface area (TPSA) is 58.1 Å². The zero-order chi connectivity index (χ0) is 20.1. The maximum absolute atomic E-state index is 12.9. The largest absolute Gasteiger partial charge is 0.348 e. The van der Waals surface area contributed by atoms with Crippen molar-refractivity contribution < 1.29 is 4.79 Å². The van der Waals surface area contributed by atoms with E-state index >= 15 is 0 Å². The second-order valence-corrected chi connectivity index (χ2v) is 7.01. The van der Waals surface area contributed by atoms with Crippen LogP contribution in [0.25, 0.3) is 0 Å². The van der Waals surface area contributed by atoms with E-state index in [1.54, 1.807) is 35.4 Å². The van der Waals surface area contributed by atoms with Gasteiger partial charge in [-0.2, -0.15) is 4.98 Å². The lowest BCUT2D eigenvalue weighted by atomic mass is 10.1. The first-order valence-electron chi connectivity index (χ1n) is 8.91. The molecule has 1 atom stereocenters. The molecule has 3 rings (SSSR count). The lowest BCUT2D eigenvalue weighted by molar-refractivity contribution is 0.0987. The Hall–Kier alpha value is -2.63. The van der Waals surface area contributed by atoms with Gasteiger partial charge in [-0.05, 0) is 43.7 Å². The van der Waals surface area contributed by atoms with Crippen molar-refractivity contribution >= 4 is 40.9 Å². The average molecular weight is 415 g/mol. The van der Waals surface area contributed by atoms with Crippen molar-refractivity contribution in [2.45, 2.75) is 19.9 Å². The summed E-state index contributed by atoms with van der Waals surface area (Å²) in [4.78, 5) is 23.3. The van der Waals surface area contributed by atoms with E-state index in [9.17, 15) is 4.79 Å². The van der Waals surface area contributed by atoms with Crippen LogP contribution in [0.4, 0.5) is 11.8 Å². The normalized spacial score (nSPS) is 11.7. The fourth-order valence-electron chi connectivity index (χ4n) is 2.78. The smallest absolute Gasteiger partial charge is 0.259 e. The third-order valence-electron chi connectivity index (χ3n) is 4.29. The van der Waals surface area contributed by atoms with Crippen LogP contribution >= 0.6 is 23.2 Å². The number of amides is 1. The summed E-state index contributed by atoms with van der Waals surface area (Å²) in [6, 6.07) is 16.6. The number of hydrogen-bond acceptors (Lipinski definition) is 4. The summed E-state index contributed by atoms with van der Waals surface area (Å²) in [6.45, 7) is 4.37. The van der Waals surface area contributed by atoms with Crippen LogP contribution in [0, 0.1) is 0 Å². The second kappa shape index (κ2) is 9.04. The number of carbonyl (C=O) groups excluding carboxylic acids is 1. The van der Waals surface area contributed by atoms with Crippen molar-refractivity contribution in [2.24, 2.45) is 0 Å². The van der Waals surface area contributed by atoms with Gasteiger partial charge in [-0.1, -0.05) is 53.5 Å². The molecule has 0 aliphatic carbocycles. The van der Waals surface area contributed by atoms with Crippen LogP contribution in [0.15, 0.2) is 60.8 Å². The van der Waals surface area contributed by atoms with Crippen LogP contribution in [0.5, 0.6) is 0 Å². The minimum Gasteiger partial charge on any atom is -0.348 e. The van der Waals surface area contributed by atoms with Crippen molar-refractivity contribution in [3.8, 4) is 0 Å². The van der Waals surface area contributed by atoms with Gasteiger partial charge >= 0.3 is 0 Å².